The van der Waals surface area contributed by atoms with Gasteiger partial charge in [0.25, 0.3) is 0 Å². The first-order valence-corrected chi connectivity index (χ1v) is 9.91. The molecule has 2 amide bonds. The summed E-state index contributed by atoms with van der Waals surface area (Å²) in [5.41, 5.74) is 0.752. The van der Waals surface area contributed by atoms with Crippen LogP contribution in [-0.4, -0.2) is 28.6 Å². The fraction of sp³-hybridized carbons (Fsp3) is 0.444. The molecule has 1 atom stereocenters. The van der Waals surface area contributed by atoms with E-state index < -0.39 is 5.92 Å². The number of benzene rings is 1. The normalized spacial score (nSPS) is 17.2. The molecule has 1 fully saturated rings. The Labute approximate surface area is 161 Å². The highest BCUT2D eigenvalue weighted by Crippen LogP contribution is 2.30. The number of carbonyl (C=O) groups is 2. The molecule has 1 saturated heterocycles. The number of anilines is 2. The van der Waals surface area contributed by atoms with E-state index in [2.05, 4.69) is 29.4 Å². The van der Waals surface area contributed by atoms with Crippen LogP contribution in [0.2, 0.25) is 5.02 Å². The summed E-state index contributed by atoms with van der Waals surface area (Å²) in [5.74, 6) is -0.296. The average molecular weight is 393 g/mol. The van der Waals surface area contributed by atoms with E-state index in [-0.39, 0.29) is 18.2 Å². The highest BCUT2D eigenvalue weighted by atomic mass is 35.5. The number of carbonyl (C=O) groups excluding carboxylic acids is 2. The summed E-state index contributed by atoms with van der Waals surface area (Å²) in [4.78, 5) is 26.4. The summed E-state index contributed by atoms with van der Waals surface area (Å²) < 4.78 is 0. The van der Waals surface area contributed by atoms with Gasteiger partial charge in [0.2, 0.25) is 16.9 Å². The molecule has 1 aliphatic heterocycles. The number of halogens is 1. The maximum atomic E-state index is 12.5. The molecule has 2 aromatic rings. The largest absolute Gasteiger partial charge is 0.312 e. The van der Waals surface area contributed by atoms with E-state index in [1.165, 1.54) is 11.3 Å². The van der Waals surface area contributed by atoms with E-state index >= 15 is 0 Å². The Kier molecular flexibility index (Phi) is 5.88. The Balaban J connectivity index is 1.64. The summed E-state index contributed by atoms with van der Waals surface area (Å²) in [6, 6.07) is 7.04. The van der Waals surface area contributed by atoms with Crippen LogP contribution in [0, 0.1) is 5.92 Å². The average Bonchev–Trinajstić information content (AvgIpc) is 3.24. The Hall–Kier alpha value is -1.99. The smallest absolute Gasteiger partial charge is 0.231 e. The predicted molar refractivity (Wildman–Crippen MR) is 104 cm³/mol. The van der Waals surface area contributed by atoms with Gasteiger partial charge >= 0.3 is 0 Å². The lowest BCUT2D eigenvalue weighted by molar-refractivity contribution is -0.122. The molecule has 6 nitrogen and oxygen atoms in total. The first-order chi connectivity index (χ1) is 12.5. The summed E-state index contributed by atoms with van der Waals surface area (Å²) >= 11 is 7.30. The van der Waals surface area contributed by atoms with Gasteiger partial charge in [0.15, 0.2) is 0 Å². The van der Waals surface area contributed by atoms with Gasteiger partial charge in [0, 0.05) is 29.6 Å². The molecule has 3 rings (SSSR count). The minimum atomic E-state index is -0.404. The van der Waals surface area contributed by atoms with Crippen molar-refractivity contribution in [2.24, 2.45) is 5.92 Å². The van der Waals surface area contributed by atoms with Crippen LogP contribution in [0.3, 0.4) is 0 Å². The third kappa shape index (κ3) is 4.04. The summed E-state index contributed by atoms with van der Waals surface area (Å²) in [7, 11) is 0. The highest BCUT2D eigenvalue weighted by Gasteiger charge is 2.35. The number of nitrogens with zero attached hydrogens (tertiary/aromatic N) is 3. The molecule has 26 heavy (non-hydrogen) atoms. The molecule has 0 spiro atoms. The molecule has 2 heterocycles. The van der Waals surface area contributed by atoms with Gasteiger partial charge in [-0.25, -0.2) is 0 Å². The quantitative estimate of drug-likeness (QED) is 0.803. The molecule has 8 heteroatoms. The van der Waals surface area contributed by atoms with Crippen LogP contribution < -0.4 is 10.2 Å². The molecule has 0 bridgehead atoms. The SMILES string of the molecule is CCC(CC)c1nnc(NC(=O)[C@H]2CC(=O)N(c3ccc(Cl)cc3)C2)s1. The third-order valence-corrected chi connectivity index (χ3v) is 5.89. The topological polar surface area (TPSA) is 75.2 Å². The maximum absolute atomic E-state index is 12.5. The minimum absolute atomic E-state index is 0.0672. The number of hydrogen-bond acceptors (Lipinski definition) is 5. The Morgan fingerprint density at radius 1 is 1.31 bits per heavy atom. The number of rotatable bonds is 6. The van der Waals surface area contributed by atoms with Crippen LogP contribution in [0.15, 0.2) is 24.3 Å². The van der Waals surface area contributed by atoms with Gasteiger partial charge in [0.1, 0.15) is 5.01 Å². The van der Waals surface area contributed by atoms with Crippen molar-refractivity contribution in [3.05, 3.63) is 34.3 Å². The Morgan fingerprint density at radius 3 is 2.65 bits per heavy atom. The van der Waals surface area contributed by atoms with E-state index in [0.29, 0.717) is 22.6 Å². The van der Waals surface area contributed by atoms with Crippen molar-refractivity contribution in [2.75, 3.05) is 16.8 Å². The molecular weight excluding hydrogens is 372 g/mol. The summed E-state index contributed by atoms with van der Waals surface area (Å²) in [6.45, 7) is 4.58. The lowest BCUT2D eigenvalue weighted by atomic mass is 10.1. The lowest BCUT2D eigenvalue weighted by Crippen LogP contribution is -2.28. The minimum Gasteiger partial charge on any atom is -0.312 e. The van der Waals surface area contributed by atoms with Crippen molar-refractivity contribution in [3.63, 3.8) is 0 Å². The van der Waals surface area contributed by atoms with E-state index in [1.807, 2.05) is 0 Å². The second-order valence-electron chi connectivity index (χ2n) is 6.33. The van der Waals surface area contributed by atoms with Gasteiger partial charge in [-0.3, -0.25) is 9.59 Å². The Morgan fingerprint density at radius 2 is 2.00 bits per heavy atom. The van der Waals surface area contributed by atoms with E-state index in [9.17, 15) is 9.59 Å². The summed E-state index contributed by atoms with van der Waals surface area (Å²) in [6.07, 6.45) is 2.17. The van der Waals surface area contributed by atoms with Gasteiger partial charge in [0.05, 0.1) is 5.92 Å². The van der Waals surface area contributed by atoms with Crippen molar-refractivity contribution >= 4 is 45.6 Å². The highest BCUT2D eigenvalue weighted by molar-refractivity contribution is 7.15. The zero-order valence-corrected chi connectivity index (χ0v) is 16.3. The van der Waals surface area contributed by atoms with Gasteiger partial charge in [-0.05, 0) is 37.1 Å². The molecule has 1 aromatic heterocycles. The Bertz CT molecular complexity index is 789. The third-order valence-electron chi connectivity index (χ3n) is 4.64. The van der Waals surface area contributed by atoms with Gasteiger partial charge < -0.3 is 10.2 Å². The van der Waals surface area contributed by atoms with Crippen LogP contribution in [0.5, 0.6) is 0 Å². The molecule has 1 aliphatic rings. The number of nitrogens with one attached hydrogen (secondary N) is 1. The lowest BCUT2D eigenvalue weighted by Gasteiger charge is -2.16. The number of hydrogen-bond donors (Lipinski definition) is 1. The van der Waals surface area contributed by atoms with Crippen molar-refractivity contribution in [1.29, 1.82) is 0 Å². The molecule has 138 valence electrons. The van der Waals surface area contributed by atoms with Crippen molar-refractivity contribution in [2.45, 2.75) is 39.0 Å². The van der Waals surface area contributed by atoms with Crippen molar-refractivity contribution in [1.82, 2.24) is 10.2 Å². The zero-order valence-electron chi connectivity index (χ0n) is 14.7. The second kappa shape index (κ2) is 8.14. The summed E-state index contributed by atoms with van der Waals surface area (Å²) in [5, 5.41) is 13.1. The van der Waals surface area contributed by atoms with Crippen LogP contribution in [-0.2, 0) is 9.59 Å². The number of amides is 2. The first kappa shape index (κ1) is 18.8. The molecule has 1 aromatic carbocycles. The molecule has 0 unspecified atom stereocenters. The molecule has 0 aliphatic carbocycles. The first-order valence-electron chi connectivity index (χ1n) is 8.72. The molecule has 0 saturated carbocycles. The number of aromatic nitrogens is 2. The van der Waals surface area contributed by atoms with Crippen molar-refractivity contribution < 1.29 is 9.59 Å². The second-order valence-corrected chi connectivity index (χ2v) is 7.78. The van der Waals surface area contributed by atoms with Crippen LogP contribution in [0.4, 0.5) is 10.8 Å². The predicted octanol–water partition coefficient (Wildman–Crippen LogP) is 4.09. The van der Waals surface area contributed by atoms with E-state index in [1.54, 1.807) is 29.2 Å². The fourth-order valence-electron chi connectivity index (χ4n) is 3.05. The fourth-order valence-corrected chi connectivity index (χ4v) is 4.19. The van der Waals surface area contributed by atoms with Crippen molar-refractivity contribution in [3.8, 4) is 0 Å². The zero-order chi connectivity index (χ0) is 18.7. The van der Waals surface area contributed by atoms with Crippen LogP contribution in [0.1, 0.15) is 44.0 Å². The van der Waals surface area contributed by atoms with Gasteiger partial charge in [-0.1, -0.05) is 36.8 Å². The van der Waals surface area contributed by atoms with E-state index in [0.717, 1.165) is 23.5 Å². The van der Waals surface area contributed by atoms with Gasteiger partial charge in [-0.15, -0.1) is 10.2 Å². The monoisotopic (exact) mass is 392 g/mol. The standard InChI is InChI=1S/C18H21ClN4O2S/c1-3-11(4-2)17-21-22-18(26-17)20-16(25)12-9-15(24)23(10-12)14-7-5-13(19)6-8-14/h5-8,11-12H,3-4,9-10H2,1-2H3,(H,20,22,25)/t12-/m0/s1. The van der Waals surface area contributed by atoms with Crippen LogP contribution >= 0.6 is 22.9 Å². The molecule has 1 N–H and O–H groups in total. The van der Waals surface area contributed by atoms with Gasteiger partial charge in [-0.2, -0.15) is 0 Å². The van der Waals surface area contributed by atoms with E-state index in [4.69, 9.17) is 11.6 Å². The van der Waals surface area contributed by atoms with Crippen LogP contribution in [0.25, 0.3) is 0 Å². The molecule has 0 radical (unpaired) electrons. The maximum Gasteiger partial charge on any atom is 0.231 e. The molecular formula is C18H21ClN4O2S.